The summed E-state index contributed by atoms with van der Waals surface area (Å²) in [6, 6.07) is -6.28. The van der Waals surface area contributed by atoms with Crippen LogP contribution in [-0.4, -0.2) is 93.6 Å². The molecule has 0 saturated carbocycles. The number of aliphatic carboxylic acids is 1. The first kappa shape index (κ1) is 32.6. The van der Waals surface area contributed by atoms with E-state index in [-0.39, 0.29) is 18.1 Å². The molecule has 0 aliphatic rings. The van der Waals surface area contributed by atoms with E-state index in [1.165, 1.54) is 6.92 Å². The van der Waals surface area contributed by atoms with Crippen LogP contribution in [0.25, 0.3) is 0 Å². The molecule has 0 spiro atoms. The van der Waals surface area contributed by atoms with Gasteiger partial charge in [-0.2, -0.15) is 12.6 Å². The van der Waals surface area contributed by atoms with Crippen molar-refractivity contribution < 1.29 is 39.3 Å². The van der Waals surface area contributed by atoms with Crippen molar-refractivity contribution in [3.8, 4) is 0 Å². The summed E-state index contributed by atoms with van der Waals surface area (Å²) < 4.78 is 0. The van der Waals surface area contributed by atoms with Gasteiger partial charge in [0.05, 0.1) is 12.7 Å². The molecule has 0 aromatic carbocycles. The molecule has 0 aliphatic heterocycles. The predicted octanol–water partition coefficient (Wildman–Crippen LogP) is -2.66. The Bertz CT molecular complexity index is 749. The molecule has 35 heavy (non-hydrogen) atoms. The highest BCUT2D eigenvalue weighted by atomic mass is 32.1. The molecule has 4 amide bonds. The fourth-order valence-corrected chi connectivity index (χ4v) is 3.15. The minimum Gasteiger partial charge on any atom is -0.480 e. The van der Waals surface area contributed by atoms with Crippen LogP contribution in [0.15, 0.2) is 0 Å². The van der Waals surface area contributed by atoms with Crippen molar-refractivity contribution in [2.45, 2.75) is 77.4 Å². The van der Waals surface area contributed by atoms with Crippen LogP contribution in [0.1, 0.15) is 41.0 Å². The zero-order chi connectivity index (χ0) is 27.5. The van der Waals surface area contributed by atoms with Gasteiger partial charge in [0.2, 0.25) is 23.6 Å². The van der Waals surface area contributed by atoms with E-state index >= 15 is 0 Å². The second kappa shape index (κ2) is 15.5. The number of rotatable bonds is 15. The van der Waals surface area contributed by atoms with Crippen molar-refractivity contribution in [3.05, 3.63) is 0 Å². The predicted molar refractivity (Wildman–Crippen MR) is 130 cm³/mol. The Kier molecular flexibility index (Phi) is 14.5. The SMILES string of the molecule is CC(C)C[C@H](NC(=O)[C@H](CS)NC(=O)[C@@H](NC(=O)[C@H](CO)NC(=O)[C@@H](N)[C@@H](C)O)C(C)C)C(=O)O. The van der Waals surface area contributed by atoms with Gasteiger partial charge in [-0.05, 0) is 25.2 Å². The summed E-state index contributed by atoms with van der Waals surface area (Å²) in [5.74, 6) is -5.08. The maximum absolute atomic E-state index is 12.9. The molecule has 13 nitrogen and oxygen atoms in total. The van der Waals surface area contributed by atoms with Gasteiger partial charge < -0.3 is 42.3 Å². The second-order valence-electron chi connectivity index (χ2n) is 9.01. The average molecular weight is 522 g/mol. The van der Waals surface area contributed by atoms with Gasteiger partial charge in [-0.15, -0.1) is 0 Å². The van der Waals surface area contributed by atoms with Gasteiger partial charge in [0.25, 0.3) is 0 Å². The van der Waals surface area contributed by atoms with Gasteiger partial charge in [-0.1, -0.05) is 27.7 Å². The molecule has 202 valence electrons. The summed E-state index contributed by atoms with van der Waals surface area (Å²) in [7, 11) is 0. The lowest BCUT2D eigenvalue weighted by atomic mass is 10.0. The largest absolute Gasteiger partial charge is 0.480 e. The van der Waals surface area contributed by atoms with Gasteiger partial charge >= 0.3 is 5.97 Å². The smallest absolute Gasteiger partial charge is 0.326 e. The fourth-order valence-electron chi connectivity index (χ4n) is 2.89. The first-order valence-corrected chi connectivity index (χ1v) is 11.9. The van der Waals surface area contributed by atoms with E-state index < -0.39 is 78.4 Å². The molecule has 0 saturated heterocycles. The number of carboxylic acid groups (broad SMARTS) is 1. The monoisotopic (exact) mass is 521 g/mol. The molecule has 9 N–H and O–H groups in total. The Labute approximate surface area is 210 Å². The highest BCUT2D eigenvalue weighted by molar-refractivity contribution is 7.80. The van der Waals surface area contributed by atoms with Crippen LogP contribution in [0.4, 0.5) is 0 Å². The highest BCUT2D eigenvalue weighted by Gasteiger charge is 2.33. The van der Waals surface area contributed by atoms with Crippen molar-refractivity contribution in [2.24, 2.45) is 17.6 Å². The first-order valence-electron chi connectivity index (χ1n) is 11.3. The molecule has 0 rings (SSSR count). The van der Waals surface area contributed by atoms with Crippen LogP contribution in [0, 0.1) is 11.8 Å². The zero-order valence-electron chi connectivity index (χ0n) is 20.6. The van der Waals surface area contributed by atoms with Crippen LogP contribution in [0.5, 0.6) is 0 Å². The van der Waals surface area contributed by atoms with E-state index in [1.807, 2.05) is 0 Å². The number of nitrogens with one attached hydrogen (secondary N) is 4. The van der Waals surface area contributed by atoms with Crippen LogP contribution in [0.3, 0.4) is 0 Å². The average Bonchev–Trinajstić information content (AvgIpc) is 2.76. The number of amides is 4. The lowest BCUT2D eigenvalue weighted by Gasteiger charge is -2.27. The summed E-state index contributed by atoms with van der Waals surface area (Å²) in [5.41, 5.74) is 5.52. The van der Waals surface area contributed by atoms with Crippen molar-refractivity contribution in [2.75, 3.05) is 12.4 Å². The maximum atomic E-state index is 12.9. The normalized spacial score (nSPS) is 16.4. The number of nitrogens with two attached hydrogens (primary N) is 1. The van der Waals surface area contributed by atoms with Crippen LogP contribution in [0.2, 0.25) is 0 Å². The Balaban J connectivity index is 5.35. The first-order chi connectivity index (χ1) is 16.2. The van der Waals surface area contributed by atoms with Crippen LogP contribution < -0.4 is 27.0 Å². The molecule has 0 aromatic heterocycles. The second-order valence-corrected chi connectivity index (χ2v) is 9.38. The van der Waals surface area contributed by atoms with E-state index in [0.717, 1.165) is 0 Å². The number of aliphatic hydroxyl groups excluding tert-OH is 2. The summed E-state index contributed by atoms with van der Waals surface area (Å²) in [4.78, 5) is 61.5. The minimum absolute atomic E-state index is 0.00363. The van der Waals surface area contributed by atoms with E-state index in [4.69, 9.17) is 5.73 Å². The topological polar surface area (TPSA) is 220 Å². The minimum atomic E-state index is -1.45. The fraction of sp³-hybridized carbons (Fsp3) is 0.762. The standard InChI is InChI=1S/C21H39N5O8S/c1-9(2)6-12(21(33)34)23-18(30)14(8-35)25-20(32)16(10(3)4)26-17(29)13(7-27)24-19(31)15(22)11(5)28/h9-16,27-28,35H,6-8,22H2,1-5H3,(H,23,30)(H,24,31)(H,25,32)(H,26,29)(H,33,34)/t11-,12+,13+,14+,15+,16+/m1/s1. The van der Waals surface area contributed by atoms with Crippen molar-refractivity contribution in [1.82, 2.24) is 21.3 Å². The molecule has 0 unspecified atom stereocenters. The molecular formula is C21H39N5O8S. The Morgan fingerprint density at radius 3 is 1.69 bits per heavy atom. The van der Waals surface area contributed by atoms with Crippen molar-refractivity contribution in [3.63, 3.8) is 0 Å². The highest BCUT2D eigenvalue weighted by Crippen LogP contribution is 2.07. The number of hydrogen-bond donors (Lipinski definition) is 9. The summed E-state index contributed by atoms with van der Waals surface area (Å²) in [6.45, 7) is 7.34. The summed E-state index contributed by atoms with van der Waals surface area (Å²) in [6.07, 6.45) is -1.01. The van der Waals surface area contributed by atoms with Gasteiger partial charge in [0.15, 0.2) is 0 Å². The van der Waals surface area contributed by atoms with E-state index in [1.54, 1.807) is 27.7 Å². The quantitative estimate of drug-likeness (QED) is 0.103. The molecule has 0 heterocycles. The molecule has 0 aliphatic carbocycles. The Morgan fingerprint density at radius 1 is 0.800 bits per heavy atom. The lowest BCUT2D eigenvalue weighted by Crippen LogP contribution is -2.61. The third-order valence-electron chi connectivity index (χ3n) is 5.02. The molecule has 0 bridgehead atoms. The van der Waals surface area contributed by atoms with E-state index in [2.05, 4.69) is 33.9 Å². The van der Waals surface area contributed by atoms with Gasteiger partial charge in [-0.3, -0.25) is 19.2 Å². The molecule has 6 atom stereocenters. The molecule has 0 radical (unpaired) electrons. The summed E-state index contributed by atoms with van der Waals surface area (Å²) in [5, 5.41) is 37.7. The number of carbonyl (C=O) groups excluding carboxylic acids is 4. The third kappa shape index (κ3) is 11.2. The van der Waals surface area contributed by atoms with E-state index in [0.29, 0.717) is 0 Å². The summed E-state index contributed by atoms with van der Waals surface area (Å²) >= 11 is 4.06. The zero-order valence-corrected chi connectivity index (χ0v) is 21.5. The van der Waals surface area contributed by atoms with E-state index in [9.17, 15) is 39.3 Å². The van der Waals surface area contributed by atoms with Crippen LogP contribution in [-0.2, 0) is 24.0 Å². The third-order valence-corrected chi connectivity index (χ3v) is 5.39. The molecule has 14 heteroatoms. The maximum Gasteiger partial charge on any atom is 0.326 e. The number of thiol groups is 1. The van der Waals surface area contributed by atoms with Crippen LogP contribution >= 0.6 is 12.6 Å². The molecule has 0 fully saturated rings. The lowest BCUT2D eigenvalue weighted by molar-refractivity contribution is -0.142. The number of hydrogen-bond acceptors (Lipinski definition) is 9. The number of carbonyl (C=O) groups is 5. The Hall–Kier alpha value is -2.42. The molecule has 0 aromatic rings. The Morgan fingerprint density at radius 2 is 1.29 bits per heavy atom. The number of aliphatic hydroxyl groups is 2. The number of carboxylic acids is 1. The van der Waals surface area contributed by atoms with Gasteiger partial charge in [-0.25, -0.2) is 4.79 Å². The van der Waals surface area contributed by atoms with Crippen molar-refractivity contribution >= 4 is 42.2 Å². The van der Waals surface area contributed by atoms with Crippen molar-refractivity contribution in [1.29, 1.82) is 0 Å². The molecular weight excluding hydrogens is 482 g/mol. The van der Waals surface area contributed by atoms with Gasteiger partial charge in [0, 0.05) is 5.75 Å². The van der Waals surface area contributed by atoms with Gasteiger partial charge in [0.1, 0.15) is 30.2 Å².